The number of carbonyl (C=O) groups is 1. The minimum atomic E-state index is -1.75. The zero-order valence-corrected chi connectivity index (χ0v) is 13.5. The Morgan fingerprint density at radius 1 is 0.960 bits per heavy atom. The van der Waals surface area contributed by atoms with E-state index < -0.39 is 74.0 Å². The van der Waals surface area contributed by atoms with Crippen LogP contribution in [0.5, 0.6) is 0 Å². The number of hydrogen-bond donors (Lipinski definition) is 8. The molecule has 0 bridgehead atoms. The fraction of sp³-hybridized carbons (Fsp3) is 0.857. The maximum absolute atomic E-state index is 11.4. The minimum Gasteiger partial charge on any atom is -0.394 e. The maximum Gasteiger partial charge on any atom is 0.217 e. The van der Waals surface area contributed by atoms with Crippen LogP contribution in [-0.2, 0) is 14.3 Å². The van der Waals surface area contributed by atoms with Gasteiger partial charge in [-0.15, -0.1) is 0 Å². The van der Waals surface area contributed by atoms with E-state index in [2.05, 4.69) is 5.32 Å². The van der Waals surface area contributed by atoms with E-state index in [1.165, 1.54) is 0 Å². The molecule has 8 N–H and O–H groups in total. The van der Waals surface area contributed by atoms with E-state index in [-0.39, 0.29) is 6.10 Å². The highest BCUT2D eigenvalue weighted by atomic mass is 16.6. The second-order valence-corrected chi connectivity index (χ2v) is 6.15. The molecular weight excluding hydrogens is 342 g/mol. The van der Waals surface area contributed by atoms with Crippen LogP contribution in [0.4, 0.5) is 0 Å². The molecule has 25 heavy (non-hydrogen) atoms. The molecule has 0 aromatic carbocycles. The normalized spacial score (nSPS) is 46.0. The molecule has 0 saturated carbocycles. The zero-order valence-electron chi connectivity index (χ0n) is 13.5. The molecular formula is C14H24NO10. The van der Waals surface area contributed by atoms with Crippen molar-refractivity contribution in [1.29, 1.82) is 0 Å². The topological polar surface area (TPSA) is 189 Å². The molecule has 9 atom stereocenters. The van der Waals surface area contributed by atoms with Gasteiger partial charge >= 0.3 is 0 Å². The monoisotopic (exact) mass is 366 g/mol. The summed E-state index contributed by atoms with van der Waals surface area (Å²) in [7, 11) is 0. The molecule has 1 amide bonds. The third-order valence-corrected chi connectivity index (χ3v) is 4.39. The number of amides is 1. The number of carbonyl (C=O) groups excluding carboxylic acids is 1. The maximum atomic E-state index is 11.4. The van der Waals surface area contributed by atoms with Gasteiger partial charge in [-0.1, -0.05) is 0 Å². The molecule has 0 aromatic rings. The van der Waals surface area contributed by atoms with Gasteiger partial charge in [0, 0.05) is 6.92 Å². The standard InChI is InChI=1S/C14H24NO10/c1-4(18)15-7-10(21)8(19)5(2-16)24-13(7)14-12(23)11(22)9(20)6(3-17)25-14/h5-13,16-17,19-23H,2-3H2,1H3,(H,15,18)/t5-,6-,7-,8-,9-,10-,11+,12-,13?/m1/s1. The van der Waals surface area contributed by atoms with Crippen molar-refractivity contribution in [3.05, 3.63) is 6.10 Å². The lowest BCUT2D eigenvalue weighted by atomic mass is 9.84. The Morgan fingerprint density at radius 2 is 1.52 bits per heavy atom. The molecule has 11 nitrogen and oxygen atoms in total. The molecule has 2 heterocycles. The van der Waals surface area contributed by atoms with Crippen molar-refractivity contribution >= 4 is 5.91 Å². The van der Waals surface area contributed by atoms with E-state index in [4.69, 9.17) is 9.47 Å². The summed E-state index contributed by atoms with van der Waals surface area (Å²) in [4.78, 5) is 11.4. The van der Waals surface area contributed by atoms with E-state index in [9.17, 15) is 40.5 Å². The molecule has 0 aliphatic carbocycles. The van der Waals surface area contributed by atoms with Crippen molar-refractivity contribution in [1.82, 2.24) is 5.32 Å². The largest absolute Gasteiger partial charge is 0.394 e. The van der Waals surface area contributed by atoms with Crippen LogP contribution >= 0.6 is 0 Å². The van der Waals surface area contributed by atoms with Crippen LogP contribution in [0.3, 0.4) is 0 Å². The molecule has 2 fully saturated rings. The van der Waals surface area contributed by atoms with Gasteiger partial charge in [0.2, 0.25) is 5.91 Å². The second-order valence-electron chi connectivity index (χ2n) is 6.15. The van der Waals surface area contributed by atoms with E-state index in [0.717, 1.165) is 6.92 Å². The van der Waals surface area contributed by atoms with Crippen LogP contribution in [0.1, 0.15) is 6.92 Å². The van der Waals surface area contributed by atoms with Crippen LogP contribution < -0.4 is 5.32 Å². The highest BCUT2D eigenvalue weighted by molar-refractivity contribution is 5.73. The second kappa shape index (κ2) is 8.20. The summed E-state index contributed by atoms with van der Waals surface area (Å²) in [6.45, 7) is -0.188. The lowest BCUT2D eigenvalue weighted by molar-refractivity contribution is -0.248. The van der Waals surface area contributed by atoms with Crippen molar-refractivity contribution in [2.75, 3.05) is 13.2 Å². The molecule has 0 spiro atoms. The molecule has 2 aliphatic heterocycles. The predicted octanol–water partition coefficient (Wildman–Crippen LogP) is -5.02. The van der Waals surface area contributed by atoms with Crippen molar-refractivity contribution in [2.24, 2.45) is 0 Å². The van der Waals surface area contributed by atoms with Gasteiger partial charge in [0.05, 0.1) is 19.3 Å². The molecule has 11 heteroatoms. The van der Waals surface area contributed by atoms with Gasteiger partial charge in [-0.05, 0) is 0 Å². The molecule has 0 aromatic heterocycles. The Hall–Kier alpha value is -0.890. The Kier molecular flexibility index (Phi) is 6.70. The number of ether oxygens (including phenoxy) is 2. The Bertz CT molecular complexity index is 463. The third kappa shape index (κ3) is 3.94. The van der Waals surface area contributed by atoms with Crippen LogP contribution in [0.2, 0.25) is 0 Å². The lowest BCUT2D eigenvalue weighted by Crippen LogP contribution is -2.69. The molecule has 1 radical (unpaired) electrons. The highest BCUT2D eigenvalue weighted by Crippen LogP contribution is 2.35. The van der Waals surface area contributed by atoms with E-state index in [0.29, 0.717) is 0 Å². The SMILES string of the molecule is CC(=O)N[C@H]1C([C]2O[C@H](CO)[C@@H](O)[C@H](O)[C@H]2O)O[C@H](CO)[C@@H](O)[C@@H]1O. The van der Waals surface area contributed by atoms with Crippen molar-refractivity contribution in [3.8, 4) is 0 Å². The van der Waals surface area contributed by atoms with Gasteiger partial charge in [-0.2, -0.15) is 0 Å². The van der Waals surface area contributed by atoms with Crippen LogP contribution in [0.15, 0.2) is 0 Å². The van der Waals surface area contributed by atoms with Gasteiger partial charge in [-0.3, -0.25) is 4.79 Å². The van der Waals surface area contributed by atoms with Crippen LogP contribution in [0.25, 0.3) is 0 Å². The molecule has 2 saturated heterocycles. The zero-order chi connectivity index (χ0) is 18.9. The fourth-order valence-corrected chi connectivity index (χ4v) is 3.03. The summed E-state index contributed by atoms with van der Waals surface area (Å²) < 4.78 is 10.8. The number of rotatable bonds is 4. The summed E-state index contributed by atoms with van der Waals surface area (Å²) >= 11 is 0. The van der Waals surface area contributed by atoms with Crippen LogP contribution in [0, 0.1) is 6.10 Å². The summed E-state index contributed by atoms with van der Waals surface area (Å²) in [5.41, 5.74) is 0. The van der Waals surface area contributed by atoms with Gasteiger partial charge in [0.1, 0.15) is 48.8 Å². The average Bonchev–Trinajstić information content (AvgIpc) is 2.58. The smallest absolute Gasteiger partial charge is 0.217 e. The third-order valence-electron chi connectivity index (χ3n) is 4.39. The fourth-order valence-electron chi connectivity index (χ4n) is 3.03. The molecule has 1 unspecified atom stereocenters. The summed E-state index contributed by atoms with van der Waals surface area (Å²) in [6.07, 6.45) is -12.3. The molecule has 2 aliphatic rings. The predicted molar refractivity (Wildman–Crippen MR) is 78.6 cm³/mol. The molecule has 2 rings (SSSR count). The molecule has 145 valence electrons. The van der Waals surface area contributed by atoms with Crippen molar-refractivity contribution in [3.63, 3.8) is 0 Å². The number of hydrogen-bond acceptors (Lipinski definition) is 10. The Morgan fingerprint density at radius 3 is 2.04 bits per heavy atom. The first kappa shape index (κ1) is 20.4. The Labute approximate surface area is 143 Å². The summed E-state index contributed by atoms with van der Waals surface area (Å²) in [6, 6.07) is -1.26. The first-order valence-corrected chi connectivity index (χ1v) is 7.80. The van der Waals surface area contributed by atoms with Crippen LogP contribution in [-0.4, -0.2) is 110 Å². The van der Waals surface area contributed by atoms with Gasteiger partial charge in [0.15, 0.2) is 6.10 Å². The minimum absolute atomic E-state index is 0.347. The quantitative estimate of drug-likeness (QED) is 0.239. The highest BCUT2D eigenvalue weighted by Gasteiger charge is 2.55. The van der Waals surface area contributed by atoms with Gasteiger partial charge in [0.25, 0.3) is 0 Å². The van der Waals surface area contributed by atoms with E-state index >= 15 is 0 Å². The summed E-state index contributed by atoms with van der Waals surface area (Å²) in [5, 5.41) is 71.0. The number of nitrogens with one attached hydrogen (secondary N) is 1. The van der Waals surface area contributed by atoms with Crippen molar-refractivity contribution < 1.29 is 50.0 Å². The van der Waals surface area contributed by atoms with Crippen molar-refractivity contribution in [2.45, 2.75) is 61.8 Å². The van der Waals surface area contributed by atoms with Gasteiger partial charge < -0.3 is 50.5 Å². The number of aliphatic hydroxyl groups excluding tert-OH is 7. The van der Waals surface area contributed by atoms with Gasteiger partial charge in [-0.25, -0.2) is 0 Å². The lowest BCUT2D eigenvalue weighted by Gasteiger charge is -2.49. The Balaban J connectivity index is 2.31. The van der Waals surface area contributed by atoms with E-state index in [1.807, 2.05) is 0 Å². The summed E-state index contributed by atoms with van der Waals surface area (Å²) in [5.74, 6) is -0.572. The first-order valence-electron chi connectivity index (χ1n) is 7.80. The number of aliphatic hydroxyl groups is 7. The first-order chi connectivity index (χ1) is 11.7. The average molecular weight is 366 g/mol. The van der Waals surface area contributed by atoms with E-state index in [1.54, 1.807) is 0 Å².